The summed E-state index contributed by atoms with van der Waals surface area (Å²) in [5.41, 5.74) is 7.79. The number of rotatable bonds is 3. The van der Waals surface area contributed by atoms with Crippen LogP contribution >= 0.6 is 0 Å². The minimum Gasteiger partial charge on any atom is -0.453 e. The highest BCUT2D eigenvalue weighted by molar-refractivity contribution is 6.20. The molecule has 0 radical (unpaired) electrons. The van der Waals surface area contributed by atoms with E-state index in [0.717, 1.165) is 0 Å². The van der Waals surface area contributed by atoms with Crippen LogP contribution in [-0.4, -0.2) is 29.8 Å². The first-order valence-electron chi connectivity index (χ1n) is 3.04. The molecule has 4 nitrogen and oxygen atoms in total. The maximum absolute atomic E-state index is 11.4. The molecule has 0 rings (SSSR count). The second-order valence-electron chi connectivity index (χ2n) is 1.82. The molecule has 0 bridgehead atoms. The van der Waals surface area contributed by atoms with Crippen molar-refractivity contribution >= 4 is 12.2 Å². The van der Waals surface area contributed by atoms with Gasteiger partial charge in [-0.2, -0.15) is 18.0 Å². The zero-order valence-corrected chi connectivity index (χ0v) is 6.28. The van der Waals surface area contributed by atoms with Crippen LogP contribution in [0.4, 0.5) is 13.2 Å². The summed E-state index contributed by atoms with van der Waals surface area (Å²) >= 11 is 0. The molecule has 0 aliphatic carbocycles. The number of esters is 1. The number of halogens is 3. The molecule has 0 aromatic rings. The number of carbonyl (C=O) groups excluding carboxylic acids is 1. The van der Waals surface area contributed by atoms with Crippen molar-refractivity contribution in [2.75, 3.05) is 6.61 Å². The van der Waals surface area contributed by atoms with Gasteiger partial charge in [-0.1, -0.05) is 0 Å². The lowest BCUT2D eigenvalue weighted by Gasteiger charge is -1.97. The molecule has 0 atom stereocenters. The molecule has 0 amide bonds. The van der Waals surface area contributed by atoms with E-state index < -0.39 is 18.8 Å². The second-order valence-corrected chi connectivity index (χ2v) is 1.82. The molecule has 0 aromatic carbocycles. The number of nitrogens with zero attached hydrogens (tertiary/aromatic N) is 2. The first-order chi connectivity index (χ1) is 5.95. The Morgan fingerprint density at radius 2 is 2.15 bits per heavy atom. The van der Waals surface area contributed by atoms with E-state index in [0.29, 0.717) is 12.3 Å². The van der Waals surface area contributed by atoms with Gasteiger partial charge >= 0.3 is 18.4 Å². The molecule has 72 valence electrons. The predicted molar refractivity (Wildman–Crippen MR) is 35.8 cm³/mol. The Morgan fingerprint density at radius 1 is 1.54 bits per heavy atom. The molecule has 0 N–H and O–H groups in total. The Labute approximate surface area is 71.2 Å². The molecule has 0 saturated carbocycles. The van der Waals surface area contributed by atoms with Crippen molar-refractivity contribution in [1.82, 2.24) is 0 Å². The molecule has 0 unspecified atom stereocenters. The molecule has 7 heteroatoms. The number of hydrogen-bond acceptors (Lipinski definition) is 2. The predicted octanol–water partition coefficient (Wildman–Crippen LogP) is 0.949. The molecule has 0 heterocycles. The van der Waals surface area contributed by atoms with Crippen molar-refractivity contribution in [2.45, 2.75) is 6.18 Å². The van der Waals surface area contributed by atoms with E-state index in [1.54, 1.807) is 0 Å². The van der Waals surface area contributed by atoms with E-state index >= 15 is 0 Å². The van der Waals surface area contributed by atoms with Crippen LogP contribution in [0.1, 0.15) is 0 Å². The fourth-order valence-electron chi connectivity index (χ4n) is 0.396. The third kappa shape index (κ3) is 8.28. The molecule has 0 aromatic heterocycles. The van der Waals surface area contributed by atoms with Crippen molar-refractivity contribution in [3.8, 4) is 0 Å². The van der Waals surface area contributed by atoms with Gasteiger partial charge in [0.15, 0.2) is 0 Å². The lowest BCUT2D eigenvalue weighted by atomic mass is 10.5. The summed E-state index contributed by atoms with van der Waals surface area (Å²) in [4.78, 5) is 12.6. The Kier molecular flexibility index (Phi) is 4.47. The van der Waals surface area contributed by atoms with E-state index in [-0.39, 0.29) is 6.08 Å². The molecular formula is C6H5F3N2O2. The summed E-state index contributed by atoms with van der Waals surface area (Å²) in [5.74, 6) is -1.02. The van der Waals surface area contributed by atoms with E-state index in [2.05, 4.69) is 9.53 Å². The van der Waals surface area contributed by atoms with Gasteiger partial charge in [-0.05, 0) is 6.08 Å². The van der Waals surface area contributed by atoms with E-state index in [4.69, 9.17) is 5.53 Å². The maximum atomic E-state index is 11.4. The Balaban J connectivity index is 3.74. The first kappa shape index (κ1) is 11.4. The fraction of sp³-hybridized carbons (Fsp3) is 0.333. The van der Waals surface area contributed by atoms with Crippen molar-refractivity contribution < 1.29 is 27.5 Å². The van der Waals surface area contributed by atoms with Gasteiger partial charge in [0.2, 0.25) is 0 Å². The third-order valence-electron chi connectivity index (χ3n) is 0.792. The summed E-state index contributed by atoms with van der Waals surface area (Å²) in [6.45, 7) is -0.523. The van der Waals surface area contributed by atoms with Crippen LogP contribution in [-0.2, 0) is 9.53 Å². The minimum absolute atomic E-state index is 0.0592. The highest BCUT2D eigenvalue weighted by Crippen LogP contribution is 2.15. The van der Waals surface area contributed by atoms with Crippen LogP contribution in [0, 0.1) is 0 Å². The van der Waals surface area contributed by atoms with Crippen molar-refractivity contribution in [2.24, 2.45) is 0 Å². The van der Waals surface area contributed by atoms with E-state index in [1.165, 1.54) is 0 Å². The highest BCUT2D eigenvalue weighted by atomic mass is 19.4. The van der Waals surface area contributed by atoms with E-state index in [1.807, 2.05) is 0 Å². The monoisotopic (exact) mass is 194 g/mol. The smallest absolute Gasteiger partial charge is 0.413 e. The number of ether oxygens (including phenoxy) is 1. The molecule has 0 fully saturated rings. The van der Waals surface area contributed by atoms with Gasteiger partial charge in [0.05, 0.1) is 0 Å². The molecule has 13 heavy (non-hydrogen) atoms. The molecule has 0 spiro atoms. The van der Waals surface area contributed by atoms with Crippen molar-refractivity contribution in [1.29, 1.82) is 0 Å². The molecule has 0 aliphatic rings. The number of allylic oxidation sites excluding steroid dienone is 1. The van der Waals surface area contributed by atoms with Crippen LogP contribution in [0.25, 0.3) is 5.53 Å². The standard InChI is InChI=1S/C6H5F3N2O2/c7-6(8,9)2-1-3-13-5(12)4-11-10/h1-2,4H,3H2. The Morgan fingerprint density at radius 3 is 2.62 bits per heavy atom. The lowest BCUT2D eigenvalue weighted by molar-refractivity contribution is -0.137. The summed E-state index contributed by atoms with van der Waals surface area (Å²) in [6.07, 6.45) is -3.42. The van der Waals surface area contributed by atoms with Gasteiger partial charge in [-0.3, -0.25) is 0 Å². The van der Waals surface area contributed by atoms with Crippen molar-refractivity contribution in [3.63, 3.8) is 0 Å². The summed E-state index contributed by atoms with van der Waals surface area (Å²) in [5, 5.41) is 0. The van der Waals surface area contributed by atoms with Gasteiger partial charge < -0.3 is 10.3 Å². The van der Waals surface area contributed by atoms with E-state index in [9.17, 15) is 18.0 Å². The number of hydrogen-bond donors (Lipinski definition) is 0. The highest BCUT2D eigenvalue weighted by Gasteiger charge is 2.21. The van der Waals surface area contributed by atoms with Gasteiger partial charge in [0.1, 0.15) is 6.61 Å². The Bertz CT molecular complexity index is 253. The molecule has 0 aliphatic heterocycles. The Hall–Kier alpha value is -1.62. The van der Waals surface area contributed by atoms with Gasteiger partial charge in [0, 0.05) is 6.08 Å². The van der Waals surface area contributed by atoms with Crippen LogP contribution in [0.5, 0.6) is 0 Å². The van der Waals surface area contributed by atoms with Crippen LogP contribution < -0.4 is 0 Å². The second kappa shape index (κ2) is 5.10. The largest absolute Gasteiger partial charge is 0.453 e. The topological polar surface area (TPSA) is 62.7 Å². The van der Waals surface area contributed by atoms with Crippen LogP contribution in [0.15, 0.2) is 12.2 Å². The lowest BCUT2D eigenvalue weighted by Crippen LogP contribution is -2.07. The zero-order valence-electron chi connectivity index (χ0n) is 6.28. The quantitative estimate of drug-likeness (QED) is 0.221. The fourth-order valence-corrected chi connectivity index (χ4v) is 0.396. The molecule has 0 saturated heterocycles. The minimum atomic E-state index is -4.42. The zero-order chi connectivity index (χ0) is 10.3. The average Bonchev–Trinajstić information content (AvgIpc) is 1.97. The van der Waals surface area contributed by atoms with Crippen LogP contribution in [0.2, 0.25) is 0 Å². The summed E-state index contributed by atoms with van der Waals surface area (Å²) < 4.78 is 38.4. The third-order valence-corrected chi connectivity index (χ3v) is 0.792. The first-order valence-corrected chi connectivity index (χ1v) is 3.04. The SMILES string of the molecule is [N-]=[N+]=CC(=O)OCC=CC(F)(F)F. The van der Waals surface area contributed by atoms with Crippen molar-refractivity contribution in [3.05, 3.63) is 17.7 Å². The maximum Gasteiger partial charge on any atom is 0.413 e. The summed E-state index contributed by atoms with van der Waals surface area (Å²) in [6, 6.07) is 0. The van der Waals surface area contributed by atoms with Gasteiger partial charge in [0.25, 0.3) is 0 Å². The molecular weight excluding hydrogens is 189 g/mol. The summed E-state index contributed by atoms with van der Waals surface area (Å²) in [7, 11) is 0. The normalized spacial score (nSPS) is 11.0. The van der Waals surface area contributed by atoms with Gasteiger partial charge in [-0.25, -0.2) is 4.79 Å². The van der Waals surface area contributed by atoms with Crippen LogP contribution in [0.3, 0.4) is 0 Å². The average molecular weight is 194 g/mol. The number of alkyl halides is 3. The number of carbonyl (C=O) groups is 1. The van der Waals surface area contributed by atoms with Gasteiger partial charge in [-0.15, -0.1) is 0 Å².